The summed E-state index contributed by atoms with van der Waals surface area (Å²) in [6, 6.07) is 6.82. The summed E-state index contributed by atoms with van der Waals surface area (Å²) in [4.78, 5) is 17.2. The number of carbonyl (C=O) groups is 1. The van der Waals surface area contributed by atoms with E-state index in [1.54, 1.807) is 12.3 Å². The Labute approximate surface area is 196 Å². The summed E-state index contributed by atoms with van der Waals surface area (Å²) in [7, 11) is 1.39. The Morgan fingerprint density at radius 2 is 1.94 bits per heavy atom. The van der Waals surface area contributed by atoms with Gasteiger partial charge in [-0.1, -0.05) is 12.8 Å². The molecule has 7 nitrogen and oxygen atoms in total. The maximum atomic E-state index is 13.2. The zero-order chi connectivity index (χ0) is 23.7. The van der Waals surface area contributed by atoms with Gasteiger partial charge in [0, 0.05) is 23.9 Å². The van der Waals surface area contributed by atoms with Crippen molar-refractivity contribution in [3.8, 4) is 28.5 Å². The van der Waals surface area contributed by atoms with Crippen molar-refractivity contribution in [1.29, 1.82) is 0 Å². The SMILES string of the molecule is COc1cc(-c2cnc3cc(OCC4CCCC4)ccn23)cc(OC(F)F)c1C(=O)NC1CC1. The zero-order valence-electron chi connectivity index (χ0n) is 18.9. The molecule has 0 spiro atoms. The summed E-state index contributed by atoms with van der Waals surface area (Å²) in [6.07, 6.45) is 10.1. The molecule has 2 aliphatic rings. The van der Waals surface area contributed by atoms with Crippen LogP contribution in [-0.4, -0.2) is 41.7 Å². The van der Waals surface area contributed by atoms with Gasteiger partial charge in [-0.25, -0.2) is 4.98 Å². The molecule has 5 rings (SSSR count). The molecule has 0 atom stereocenters. The lowest BCUT2D eigenvalue weighted by atomic mass is 10.1. The molecular formula is C25H27F2N3O4. The molecule has 0 radical (unpaired) electrons. The van der Waals surface area contributed by atoms with Gasteiger partial charge in [0.25, 0.3) is 5.91 Å². The van der Waals surface area contributed by atoms with E-state index in [1.807, 2.05) is 22.7 Å². The van der Waals surface area contributed by atoms with Crippen LogP contribution in [0.3, 0.4) is 0 Å². The van der Waals surface area contributed by atoms with Crippen molar-refractivity contribution in [3.63, 3.8) is 0 Å². The number of pyridine rings is 1. The van der Waals surface area contributed by atoms with Gasteiger partial charge >= 0.3 is 6.61 Å². The molecule has 9 heteroatoms. The molecule has 2 aliphatic carbocycles. The van der Waals surface area contributed by atoms with Crippen LogP contribution in [0, 0.1) is 5.92 Å². The monoisotopic (exact) mass is 471 g/mol. The van der Waals surface area contributed by atoms with E-state index in [0.717, 1.165) is 18.6 Å². The molecule has 0 aliphatic heterocycles. The average Bonchev–Trinajstić information content (AvgIpc) is 3.30. The molecule has 2 heterocycles. The summed E-state index contributed by atoms with van der Waals surface area (Å²) in [5.74, 6) is 0.751. The minimum atomic E-state index is -3.09. The summed E-state index contributed by atoms with van der Waals surface area (Å²) in [5.41, 5.74) is 1.78. The van der Waals surface area contributed by atoms with Crippen LogP contribution in [0.1, 0.15) is 48.9 Å². The Morgan fingerprint density at radius 1 is 1.18 bits per heavy atom. The van der Waals surface area contributed by atoms with Gasteiger partial charge in [-0.3, -0.25) is 9.20 Å². The van der Waals surface area contributed by atoms with Crippen LogP contribution in [0.2, 0.25) is 0 Å². The zero-order valence-corrected chi connectivity index (χ0v) is 18.9. The van der Waals surface area contributed by atoms with E-state index in [0.29, 0.717) is 29.4 Å². The first kappa shape index (κ1) is 22.4. The van der Waals surface area contributed by atoms with E-state index in [4.69, 9.17) is 14.2 Å². The molecule has 180 valence electrons. The standard InChI is InChI=1S/C25H27F2N3O4/c1-32-20-10-16(11-21(34-25(26)27)23(20)24(31)29-17-6-7-17)19-13-28-22-12-18(8-9-30(19)22)33-14-15-4-2-3-5-15/h8-13,15,17,25H,2-7,14H2,1H3,(H,29,31). The maximum Gasteiger partial charge on any atom is 0.387 e. The lowest BCUT2D eigenvalue weighted by molar-refractivity contribution is -0.0502. The number of fused-ring (bicyclic) bond motifs is 1. The maximum absolute atomic E-state index is 13.2. The fraction of sp³-hybridized carbons (Fsp3) is 0.440. The molecule has 0 saturated heterocycles. The van der Waals surface area contributed by atoms with Crippen LogP contribution >= 0.6 is 0 Å². The lowest BCUT2D eigenvalue weighted by Gasteiger charge is -2.16. The fourth-order valence-corrected chi connectivity index (χ4v) is 4.45. The van der Waals surface area contributed by atoms with Crippen LogP contribution in [0.25, 0.3) is 16.9 Å². The predicted octanol–water partition coefficient (Wildman–Crippen LogP) is 5.07. The van der Waals surface area contributed by atoms with Gasteiger partial charge in [0.2, 0.25) is 0 Å². The summed E-state index contributed by atoms with van der Waals surface area (Å²) in [6.45, 7) is -2.39. The molecule has 1 amide bonds. The van der Waals surface area contributed by atoms with Crippen molar-refractivity contribution in [2.75, 3.05) is 13.7 Å². The molecule has 2 saturated carbocycles. The number of rotatable bonds is 9. The van der Waals surface area contributed by atoms with Crippen molar-refractivity contribution in [2.45, 2.75) is 51.2 Å². The predicted molar refractivity (Wildman–Crippen MR) is 122 cm³/mol. The van der Waals surface area contributed by atoms with Gasteiger partial charge in [-0.05, 0) is 49.8 Å². The smallest absolute Gasteiger partial charge is 0.387 e. The topological polar surface area (TPSA) is 74.1 Å². The summed E-state index contributed by atoms with van der Waals surface area (Å²) in [5, 5.41) is 2.81. The Bertz CT molecular complexity index is 1190. The third-order valence-electron chi connectivity index (χ3n) is 6.38. The number of carbonyl (C=O) groups excluding carboxylic acids is 1. The fourth-order valence-electron chi connectivity index (χ4n) is 4.45. The second kappa shape index (κ2) is 9.48. The van der Waals surface area contributed by atoms with Gasteiger partial charge in [0.05, 0.1) is 25.6 Å². The number of imidazole rings is 1. The first-order valence-corrected chi connectivity index (χ1v) is 11.6. The van der Waals surface area contributed by atoms with Crippen LogP contribution in [0.4, 0.5) is 8.78 Å². The molecule has 1 aromatic carbocycles. The first-order chi connectivity index (χ1) is 16.5. The summed E-state index contributed by atoms with van der Waals surface area (Å²) < 4.78 is 44.3. The molecule has 1 N–H and O–H groups in total. The van der Waals surface area contributed by atoms with Gasteiger partial charge < -0.3 is 19.5 Å². The number of amides is 1. The van der Waals surface area contributed by atoms with Gasteiger partial charge in [0.1, 0.15) is 28.5 Å². The van der Waals surface area contributed by atoms with Crippen molar-refractivity contribution in [1.82, 2.24) is 14.7 Å². The van der Waals surface area contributed by atoms with Crippen LogP contribution < -0.4 is 19.5 Å². The van der Waals surface area contributed by atoms with E-state index in [1.165, 1.54) is 38.9 Å². The highest BCUT2D eigenvalue weighted by atomic mass is 19.3. The Morgan fingerprint density at radius 3 is 2.65 bits per heavy atom. The number of nitrogens with one attached hydrogen (secondary N) is 1. The number of aromatic nitrogens is 2. The van der Waals surface area contributed by atoms with Crippen molar-refractivity contribution in [2.24, 2.45) is 5.92 Å². The highest BCUT2D eigenvalue weighted by Gasteiger charge is 2.29. The number of benzene rings is 1. The minimum absolute atomic E-state index is 0.0464. The lowest BCUT2D eigenvalue weighted by Crippen LogP contribution is -2.26. The molecular weight excluding hydrogens is 444 g/mol. The van der Waals surface area contributed by atoms with Crippen LogP contribution in [0.15, 0.2) is 36.7 Å². The molecule has 2 aromatic heterocycles. The highest BCUT2D eigenvalue weighted by Crippen LogP contribution is 2.37. The number of ether oxygens (including phenoxy) is 3. The van der Waals surface area contributed by atoms with Crippen LogP contribution in [0.5, 0.6) is 17.2 Å². The normalized spacial score (nSPS) is 16.2. The van der Waals surface area contributed by atoms with Crippen molar-refractivity contribution < 1.29 is 27.8 Å². The quantitative estimate of drug-likeness (QED) is 0.472. The Hall–Kier alpha value is -3.36. The minimum Gasteiger partial charge on any atom is -0.496 e. The van der Waals surface area contributed by atoms with Crippen molar-refractivity contribution >= 4 is 11.6 Å². The molecule has 0 bridgehead atoms. The van der Waals surface area contributed by atoms with Gasteiger partial charge in [0.15, 0.2) is 0 Å². The average molecular weight is 472 g/mol. The van der Waals surface area contributed by atoms with Gasteiger partial charge in [-0.2, -0.15) is 8.78 Å². The van der Waals surface area contributed by atoms with E-state index in [-0.39, 0.29) is 23.1 Å². The number of hydrogen-bond acceptors (Lipinski definition) is 5. The second-order valence-electron chi connectivity index (χ2n) is 8.87. The van der Waals surface area contributed by atoms with Gasteiger partial charge in [-0.15, -0.1) is 0 Å². The molecule has 0 unspecified atom stereocenters. The second-order valence-corrected chi connectivity index (χ2v) is 8.87. The molecule has 2 fully saturated rings. The third-order valence-corrected chi connectivity index (χ3v) is 6.38. The number of alkyl halides is 2. The number of methoxy groups -OCH3 is 1. The summed E-state index contributed by atoms with van der Waals surface area (Å²) >= 11 is 0. The highest BCUT2D eigenvalue weighted by molar-refractivity contribution is 6.01. The largest absolute Gasteiger partial charge is 0.496 e. The third kappa shape index (κ3) is 4.78. The van der Waals surface area contributed by atoms with E-state index < -0.39 is 12.5 Å². The Balaban J connectivity index is 1.46. The van der Waals surface area contributed by atoms with Crippen LogP contribution in [-0.2, 0) is 0 Å². The number of nitrogens with zero attached hydrogens (tertiary/aromatic N) is 2. The van der Waals surface area contributed by atoms with E-state index in [2.05, 4.69) is 10.3 Å². The molecule has 3 aromatic rings. The van der Waals surface area contributed by atoms with E-state index in [9.17, 15) is 13.6 Å². The molecule has 34 heavy (non-hydrogen) atoms. The number of halogens is 2. The number of hydrogen-bond donors (Lipinski definition) is 1. The first-order valence-electron chi connectivity index (χ1n) is 11.6. The van der Waals surface area contributed by atoms with E-state index >= 15 is 0 Å². The van der Waals surface area contributed by atoms with Crippen molar-refractivity contribution in [3.05, 3.63) is 42.2 Å². The Kier molecular flexibility index (Phi) is 6.26.